The number of hydrogen-bond donors (Lipinski definition) is 4. The number of carboxylic acids is 1. The Morgan fingerprint density at radius 2 is 1.61 bits per heavy atom. The highest BCUT2D eigenvalue weighted by molar-refractivity contribution is 5.94. The molecule has 0 aliphatic rings. The largest absolute Gasteiger partial charge is 0.477 e. The summed E-state index contributed by atoms with van der Waals surface area (Å²) in [7, 11) is 2.52. The van der Waals surface area contributed by atoms with E-state index >= 15 is 0 Å². The molecule has 0 radical (unpaired) electrons. The highest BCUT2D eigenvalue weighted by Gasteiger charge is 2.21. The zero-order valence-electron chi connectivity index (χ0n) is 17.0. The predicted octanol–water partition coefficient (Wildman–Crippen LogP) is 0.871. The fraction of sp³-hybridized carbons (Fsp3) is 0.211. The molecule has 12 heteroatoms. The normalized spacial score (nSPS) is 11.2. The summed E-state index contributed by atoms with van der Waals surface area (Å²) < 4.78 is 10.2. The van der Waals surface area contributed by atoms with Crippen molar-refractivity contribution >= 4 is 35.3 Å². The quantitative estimate of drug-likeness (QED) is 0.428. The number of anilines is 2. The molecule has 0 aliphatic carbocycles. The van der Waals surface area contributed by atoms with Crippen LogP contribution in [0.4, 0.5) is 11.8 Å². The second kappa shape index (κ2) is 9.54. The number of nitrogens with two attached hydrogens (primary N) is 3. The molecule has 0 amide bonds. The van der Waals surface area contributed by atoms with Crippen molar-refractivity contribution in [3.05, 3.63) is 52.8 Å². The molecule has 3 aromatic rings. The van der Waals surface area contributed by atoms with Gasteiger partial charge >= 0.3 is 17.9 Å². The summed E-state index contributed by atoms with van der Waals surface area (Å²) in [6, 6.07) is 8.12. The number of methoxy groups -OCH3 is 2. The summed E-state index contributed by atoms with van der Waals surface area (Å²) in [6.07, 6.45) is 0. The van der Waals surface area contributed by atoms with Gasteiger partial charge in [0, 0.05) is 12.1 Å². The summed E-state index contributed by atoms with van der Waals surface area (Å²) >= 11 is 0. The molecule has 0 spiro atoms. The molecule has 0 aliphatic heterocycles. The Bertz CT molecular complexity index is 1120. The number of benzene rings is 1. The van der Waals surface area contributed by atoms with Gasteiger partial charge in [-0.15, -0.1) is 0 Å². The predicted molar refractivity (Wildman–Crippen MR) is 110 cm³/mol. The number of aromatic carboxylic acids is 1. The number of esters is 2. The number of aromatic nitrogens is 3. The molecule has 0 fully saturated rings. The number of ether oxygens (including phenoxy) is 2. The minimum atomic E-state index is -1.30. The highest BCUT2D eigenvalue weighted by Crippen LogP contribution is 2.19. The Balaban J connectivity index is 0.000000233. The summed E-state index contributed by atoms with van der Waals surface area (Å²) in [6.45, 7) is 1.90. The first-order valence-corrected chi connectivity index (χ1v) is 8.80. The van der Waals surface area contributed by atoms with Crippen LogP contribution in [-0.4, -0.2) is 51.6 Å². The zero-order valence-corrected chi connectivity index (χ0v) is 17.0. The molecule has 1 aromatic carbocycles. The van der Waals surface area contributed by atoms with Gasteiger partial charge in [-0.05, 0) is 24.6 Å². The lowest BCUT2D eigenvalue weighted by molar-refractivity contribution is 0.0586. The van der Waals surface area contributed by atoms with Crippen LogP contribution in [0.5, 0.6) is 0 Å². The van der Waals surface area contributed by atoms with Gasteiger partial charge in [-0.2, -0.15) is 4.98 Å². The molecular formula is C19H22N6O6. The van der Waals surface area contributed by atoms with Crippen LogP contribution in [-0.2, 0) is 9.47 Å². The fourth-order valence-corrected chi connectivity index (χ4v) is 2.54. The molecule has 0 unspecified atom stereocenters. The first-order chi connectivity index (χ1) is 14.6. The van der Waals surface area contributed by atoms with Gasteiger partial charge in [0.15, 0.2) is 17.2 Å². The van der Waals surface area contributed by atoms with Gasteiger partial charge < -0.3 is 31.8 Å². The summed E-state index contributed by atoms with van der Waals surface area (Å²) in [4.78, 5) is 41.0. The van der Waals surface area contributed by atoms with E-state index in [1.807, 2.05) is 19.1 Å². The zero-order chi connectivity index (χ0) is 23.3. The summed E-state index contributed by atoms with van der Waals surface area (Å²) in [5.74, 6) is -2.54. The van der Waals surface area contributed by atoms with Crippen molar-refractivity contribution < 1.29 is 29.0 Å². The van der Waals surface area contributed by atoms with Gasteiger partial charge in [-0.3, -0.25) is 4.40 Å². The van der Waals surface area contributed by atoms with E-state index < -0.39 is 11.9 Å². The third kappa shape index (κ3) is 5.05. The van der Waals surface area contributed by atoms with Crippen LogP contribution in [0.15, 0.2) is 30.3 Å². The third-order valence-electron chi connectivity index (χ3n) is 4.12. The number of fused-ring (bicyclic) bond motifs is 1. The number of carbonyl (C=O) groups excluding carboxylic acids is 2. The number of carbonyl (C=O) groups is 3. The number of rotatable bonds is 4. The molecule has 0 saturated carbocycles. The Labute approximate surface area is 176 Å². The Morgan fingerprint density at radius 1 is 1.03 bits per heavy atom. The smallest absolute Gasteiger partial charge is 0.355 e. The molecule has 3 rings (SSSR count). The molecule has 31 heavy (non-hydrogen) atoms. The number of imidazole rings is 1. The second-order valence-electron chi connectivity index (χ2n) is 6.24. The van der Waals surface area contributed by atoms with Crippen molar-refractivity contribution in [2.24, 2.45) is 5.73 Å². The van der Waals surface area contributed by atoms with Gasteiger partial charge in [0.2, 0.25) is 5.95 Å². The monoisotopic (exact) mass is 430 g/mol. The van der Waals surface area contributed by atoms with E-state index in [-0.39, 0.29) is 40.8 Å². The van der Waals surface area contributed by atoms with Crippen LogP contribution in [0, 0.1) is 0 Å². The maximum absolute atomic E-state index is 11.6. The molecule has 7 N–H and O–H groups in total. The first kappa shape index (κ1) is 23.1. The van der Waals surface area contributed by atoms with E-state index in [2.05, 4.69) is 19.4 Å². The van der Waals surface area contributed by atoms with Gasteiger partial charge in [-0.25, -0.2) is 19.4 Å². The lowest BCUT2D eigenvalue weighted by Gasteiger charge is -2.05. The first-order valence-electron chi connectivity index (χ1n) is 8.80. The van der Waals surface area contributed by atoms with E-state index in [1.165, 1.54) is 7.11 Å². The van der Waals surface area contributed by atoms with E-state index in [9.17, 15) is 14.4 Å². The molecular weight excluding hydrogens is 408 g/mol. The van der Waals surface area contributed by atoms with Crippen molar-refractivity contribution in [1.29, 1.82) is 0 Å². The van der Waals surface area contributed by atoms with E-state index in [0.29, 0.717) is 5.56 Å². The molecule has 2 aromatic heterocycles. The van der Waals surface area contributed by atoms with Crippen molar-refractivity contribution in [1.82, 2.24) is 14.4 Å². The Morgan fingerprint density at radius 3 is 2.10 bits per heavy atom. The highest BCUT2D eigenvalue weighted by atomic mass is 16.5. The standard InChI is InChI=1S/C10H13NO2.C9H9N5O4/c1-7(11)8-3-5-9(6-4-8)10(12)13-2;1-18-8(17)4-2-3(7(15)16)12-6-5(10)13-9(11)14(4)6/h3-7H,11H2,1-2H3;2H,10H2,1H3,(H2,11,13)(H,15,16)/t7-;/m1./s1. The van der Waals surface area contributed by atoms with Gasteiger partial charge in [0.1, 0.15) is 5.69 Å². The van der Waals surface area contributed by atoms with E-state index in [0.717, 1.165) is 23.1 Å². The molecule has 164 valence electrons. The molecule has 12 nitrogen and oxygen atoms in total. The third-order valence-corrected chi connectivity index (χ3v) is 4.12. The van der Waals surface area contributed by atoms with Crippen LogP contribution in [0.2, 0.25) is 0 Å². The topological polar surface area (TPSA) is 198 Å². The lowest BCUT2D eigenvalue weighted by atomic mass is 10.1. The average molecular weight is 430 g/mol. The van der Waals surface area contributed by atoms with Crippen LogP contribution < -0.4 is 17.2 Å². The lowest BCUT2D eigenvalue weighted by Crippen LogP contribution is -2.14. The number of nitrogen functional groups attached to an aromatic ring is 2. The van der Waals surface area contributed by atoms with Crippen LogP contribution in [0.3, 0.4) is 0 Å². The van der Waals surface area contributed by atoms with Crippen LogP contribution in [0.1, 0.15) is 49.9 Å². The number of carboxylic acid groups (broad SMARTS) is 1. The van der Waals surface area contributed by atoms with Gasteiger partial charge in [0.05, 0.1) is 19.8 Å². The fourth-order valence-electron chi connectivity index (χ4n) is 2.54. The SMILES string of the molecule is COC(=O)c1cc(C(=O)O)nc2c(N)nc(N)n12.COC(=O)c1ccc([C@@H](C)N)cc1. The van der Waals surface area contributed by atoms with Crippen molar-refractivity contribution in [3.8, 4) is 0 Å². The van der Waals surface area contributed by atoms with Crippen molar-refractivity contribution in [2.45, 2.75) is 13.0 Å². The summed E-state index contributed by atoms with van der Waals surface area (Å²) in [5, 5.41) is 8.90. The van der Waals surface area contributed by atoms with E-state index in [1.54, 1.807) is 12.1 Å². The molecule has 0 saturated heterocycles. The van der Waals surface area contributed by atoms with Crippen molar-refractivity contribution in [3.63, 3.8) is 0 Å². The van der Waals surface area contributed by atoms with Crippen molar-refractivity contribution in [2.75, 3.05) is 25.7 Å². The maximum Gasteiger partial charge on any atom is 0.355 e. The molecule has 1 atom stereocenters. The minimum absolute atomic E-state index is 0.00667. The Hall–Kier alpha value is -4.19. The maximum atomic E-state index is 11.6. The second-order valence-corrected chi connectivity index (χ2v) is 6.24. The summed E-state index contributed by atoms with van der Waals surface area (Å²) in [5.41, 5.74) is 17.9. The number of nitrogens with zero attached hydrogens (tertiary/aromatic N) is 3. The number of hydrogen-bond acceptors (Lipinski definition) is 10. The van der Waals surface area contributed by atoms with Crippen LogP contribution >= 0.6 is 0 Å². The van der Waals surface area contributed by atoms with Crippen LogP contribution in [0.25, 0.3) is 5.65 Å². The van der Waals surface area contributed by atoms with Gasteiger partial charge in [-0.1, -0.05) is 12.1 Å². The average Bonchev–Trinajstić information content (AvgIpc) is 3.05. The van der Waals surface area contributed by atoms with Gasteiger partial charge in [0.25, 0.3) is 0 Å². The minimum Gasteiger partial charge on any atom is -0.477 e. The molecule has 2 heterocycles. The Kier molecular flexibility index (Phi) is 7.11. The van der Waals surface area contributed by atoms with E-state index in [4.69, 9.17) is 22.3 Å². The molecule has 0 bridgehead atoms.